The predicted molar refractivity (Wildman–Crippen MR) is 78.1 cm³/mol. The number of halogens is 1. The lowest BCUT2D eigenvalue weighted by molar-refractivity contribution is -0.150. The minimum Gasteiger partial charge on any atom is -0.340 e. The van der Waals surface area contributed by atoms with Crippen LogP contribution in [0.5, 0.6) is 0 Å². The first kappa shape index (κ1) is 15.5. The molecule has 1 saturated heterocycles. The molecule has 0 radical (unpaired) electrons. The average molecular weight is 292 g/mol. The monoisotopic (exact) mass is 292 g/mol. The van der Waals surface area contributed by atoms with E-state index in [0.717, 1.165) is 5.56 Å². The van der Waals surface area contributed by atoms with Gasteiger partial charge in [-0.2, -0.15) is 0 Å². The molecule has 1 aliphatic rings. The van der Waals surface area contributed by atoms with Crippen LogP contribution in [0.25, 0.3) is 0 Å². The van der Waals surface area contributed by atoms with Crippen molar-refractivity contribution in [1.29, 1.82) is 0 Å². The van der Waals surface area contributed by atoms with E-state index < -0.39 is 5.54 Å². The highest BCUT2D eigenvalue weighted by atomic mass is 19.1. The van der Waals surface area contributed by atoms with Gasteiger partial charge in [-0.25, -0.2) is 4.39 Å². The van der Waals surface area contributed by atoms with Crippen LogP contribution in [0.1, 0.15) is 32.3 Å². The Bertz CT molecular complexity index is 524. The lowest BCUT2D eigenvalue weighted by Gasteiger charge is -2.41. The lowest BCUT2D eigenvalue weighted by Crippen LogP contribution is -2.66. The number of carbonyl (C=O) groups is 2. The highest BCUT2D eigenvalue weighted by Gasteiger charge is 2.43. The van der Waals surface area contributed by atoms with Crippen LogP contribution in [0, 0.1) is 5.82 Å². The van der Waals surface area contributed by atoms with Gasteiger partial charge in [-0.15, -0.1) is 0 Å². The molecule has 0 saturated carbocycles. The van der Waals surface area contributed by atoms with E-state index in [4.69, 9.17) is 0 Å². The summed E-state index contributed by atoms with van der Waals surface area (Å²) in [6, 6.07) is 6.22. The fourth-order valence-electron chi connectivity index (χ4n) is 2.73. The van der Waals surface area contributed by atoms with Crippen LogP contribution < -0.4 is 5.32 Å². The van der Waals surface area contributed by atoms with Gasteiger partial charge in [-0.3, -0.25) is 9.59 Å². The number of rotatable bonds is 5. The van der Waals surface area contributed by atoms with E-state index in [1.807, 2.05) is 13.8 Å². The summed E-state index contributed by atoms with van der Waals surface area (Å²) in [4.78, 5) is 26.0. The molecule has 1 aromatic carbocycles. The van der Waals surface area contributed by atoms with Gasteiger partial charge in [0.25, 0.3) is 0 Å². The van der Waals surface area contributed by atoms with Crippen molar-refractivity contribution in [3.8, 4) is 0 Å². The van der Waals surface area contributed by atoms with Gasteiger partial charge in [-0.1, -0.05) is 26.0 Å². The molecule has 114 valence electrons. The van der Waals surface area contributed by atoms with Crippen molar-refractivity contribution < 1.29 is 14.0 Å². The molecule has 0 bridgehead atoms. The largest absolute Gasteiger partial charge is 0.340 e. The van der Waals surface area contributed by atoms with Crippen LogP contribution in [0.3, 0.4) is 0 Å². The van der Waals surface area contributed by atoms with Crippen molar-refractivity contribution >= 4 is 11.8 Å². The van der Waals surface area contributed by atoms with E-state index in [9.17, 15) is 14.0 Å². The summed E-state index contributed by atoms with van der Waals surface area (Å²) in [6.07, 6.45) is 1.78. The molecule has 0 spiro atoms. The summed E-state index contributed by atoms with van der Waals surface area (Å²) in [6.45, 7) is 4.39. The average Bonchev–Trinajstić information content (AvgIpc) is 2.49. The summed E-state index contributed by atoms with van der Waals surface area (Å²) < 4.78 is 12.9. The van der Waals surface area contributed by atoms with Crippen molar-refractivity contribution in [2.45, 2.75) is 38.6 Å². The summed E-state index contributed by atoms with van der Waals surface area (Å²) in [7, 11) is 0. The Morgan fingerprint density at radius 3 is 2.38 bits per heavy atom. The second-order valence-electron chi connectivity index (χ2n) is 5.44. The maximum absolute atomic E-state index is 12.9. The Morgan fingerprint density at radius 1 is 1.19 bits per heavy atom. The molecule has 4 nitrogen and oxygen atoms in total. The third kappa shape index (κ3) is 3.23. The van der Waals surface area contributed by atoms with Gasteiger partial charge in [-0.05, 0) is 37.0 Å². The van der Waals surface area contributed by atoms with Gasteiger partial charge < -0.3 is 10.2 Å². The van der Waals surface area contributed by atoms with Crippen LogP contribution in [0.2, 0.25) is 0 Å². The van der Waals surface area contributed by atoms with Gasteiger partial charge >= 0.3 is 0 Å². The number of benzene rings is 1. The van der Waals surface area contributed by atoms with Gasteiger partial charge in [0.2, 0.25) is 11.8 Å². The molecule has 0 aliphatic carbocycles. The summed E-state index contributed by atoms with van der Waals surface area (Å²) >= 11 is 0. The Balaban J connectivity index is 2.06. The normalized spacial score (nSPS) is 17.8. The third-order valence-corrected chi connectivity index (χ3v) is 4.20. The smallest absolute Gasteiger partial charge is 0.248 e. The lowest BCUT2D eigenvalue weighted by atomic mass is 9.89. The van der Waals surface area contributed by atoms with Crippen LogP contribution in [-0.2, 0) is 16.0 Å². The summed E-state index contributed by atoms with van der Waals surface area (Å²) in [5.41, 5.74) is 0.187. The molecule has 0 aromatic heterocycles. The summed E-state index contributed by atoms with van der Waals surface area (Å²) in [5, 5.41) is 2.83. The fraction of sp³-hybridized carbons (Fsp3) is 0.500. The van der Waals surface area contributed by atoms with E-state index >= 15 is 0 Å². The molecule has 21 heavy (non-hydrogen) atoms. The van der Waals surface area contributed by atoms with Crippen molar-refractivity contribution in [1.82, 2.24) is 10.2 Å². The Kier molecular flexibility index (Phi) is 4.60. The number of piperazine rings is 1. The minimum atomic E-state index is -0.766. The van der Waals surface area contributed by atoms with Gasteiger partial charge in [0.1, 0.15) is 11.4 Å². The van der Waals surface area contributed by atoms with Gasteiger partial charge in [0.15, 0.2) is 0 Å². The standard InChI is InChI=1S/C16H21FN2O2/c1-3-16(4-2)15(21)19(11-14(20)18-16)10-9-12-5-7-13(17)8-6-12/h5-8H,3-4,9-11H2,1-2H3,(H,18,20). The van der Waals surface area contributed by atoms with Crippen molar-refractivity contribution in [2.24, 2.45) is 0 Å². The maximum atomic E-state index is 12.9. The topological polar surface area (TPSA) is 49.4 Å². The molecule has 5 heteroatoms. The van der Waals surface area contributed by atoms with E-state index in [0.29, 0.717) is 25.8 Å². The molecule has 1 N–H and O–H groups in total. The number of carbonyl (C=O) groups excluding carboxylic acids is 2. The first-order valence-electron chi connectivity index (χ1n) is 7.35. The molecule has 2 amide bonds. The molecule has 0 atom stereocenters. The van der Waals surface area contributed by atoms with E-state index in [1.54, 1.807) is 17.0 Å². The Hall–Kier alpha value is -1.91. The number of nitrogens with one attached hydrogen (secondary N) is 1. The zero-order valence-corrected chi connectivity index (χ0v) is 12.5. The highest BCUT2D eigenvalue weighted by molar-refractivity contribution is 5.97. The van der Waals surface area contributed by atoms with Crippen LogP contribution in [-0.4, -0.2) is 35.3 Å². The maximum Gasteiger partial charge on any atom is 0.248 e. The minimum absolute atomic E-state index is 0.0192. The molecular formula is C16H21FN2O2. The highest BCUT2D eigenvalue weighted by Crippen LogP contribution is 2.22. The molecule has 0 unspecified atom stereocenters. The zero-order valence-electron chi connectivity index (χ0n) is 12.5. The molecular weight excluding hydrogens is 271 g/mol. The van der Waals surface area contributed by atoms with Crippen LogP contribution >= 0.6 is 0 Å². The molecule has 1 fully saturated rings. The summed E-state index contributed by atoms with van der Waals surface area (Å²) in [5.74, 6) is -0.408. The SMILES string of the molecule is CCC1(CC)NC(=O)CN(CCc2ccc(F)cc2)C1=O. The Labute approximate surface area is 124 Å². The Morgan fingerprint density at radius 2 is 1.81 bits per heavy atom. The molecule has 1 aliphatic heterocycles. The second kappa shape index (κ2) is 6.24. The van der Waals surface area contributed by atoms with Crippen molar-refractivity contribution in [3.05, 3.63) is 35.6 Å². The zero-order chi connectivity index (χ0) is 15.5. The van der Waals surface area contributed by atoms with Gasteiger partial charge in [0.05, 0.1) is 6.54 Å². The molecule has 1 aromatic rings. The second-order valence-corrected chi connectivity index (χ2v) is 5.44. The number of nitrogens with zero attached hydrogens (tertiary/aromatic N) is 1. The predicted octanol–water partition coefficient (Wildman–Crippen LogP) is 1.89. The first-order chi connectivity index (χ1) is 10.0. The van der Waals surface area contributed by atoms with Crippen molar-refractivity contribution in [2.75, 3.05) is 13.1 Å². The van der Waals surface area contributed by atoms with Crippen LogP contribution in [0.15, 0.2) is 24.3 Å². The number of hydrogen-bond donors (Lipinski definition) is 1. The van der Waals surface area contributed by atoms with Crippen LogP contribution in [0.4, 0.5) is 4.39 Å². The molecule has 2 rings (SSSR count). The van der Waals surface area contributed by atoms with E-state index in [-0.39, 0.29) is 24.2 Å². The quantitative estimate of drug-likeness (QED) is 0.901. The first-order valence-corrected chi connectivity index (χ1v) is 7.35. The van der Waals surface area contributed by atoms with Gasteiger partial charge in [0, 0.05) is 6.54 Å². The fourth-order valence-corrected chi connectivity index (χ4v) is 2.73. The number of hydrogen-bond acceptors (Lipinski definition) is 2. The third-order valence-electron chi connectivity index (χ3n) is 4.20. The molecule has 1 heterocycles. The van der Waals surface area contributed by atoms with Crippen molar-refractivity contribution in [3.63, 3.8) is 0 Å². The number of amides is 2. The van der Waals surface area contributed by atoms with E-state index in [2.05, 4.69) is 5.32 Å². The van der Waals surface area contributed by atoms with E-state index in [1.165, 1.54) is 12.1 Å².